The van der Waals surface area contributed by atoms with Crippen LogP contribution in [0.15, 0.2) is 48.5 Å². The smallest absolute Gasteiger partial charge is 0.274 e. The molecule has 0 N–H and O–H groups in total. The maximum Gasteiger partial charge on any atom is 0.274 e. The van der Waals surface area contributed by atoms with Gasteiger partial charge in [-0.3, -0.25) is 9.59 Å². The molecule has 2 heterocycles. The molecule has 0 saturated carbocycles. The van der Waals surface area contributed by atoms with Crippen LogP contribution in [0, 0.1) is 11.6 Å². The summed E-state index contributed by atoms with van der Waals surface area (Å²) in [7, 11) is 0. The first-order valence-corrected chi connectivity index (χ1v) is 10.7. The van der Waals surface area contributed by atoms with E-state index in [9.17, 15) is 18.4 Å². The van der Waals surface area contributed by atoms with Gasteiger partial charge in [-0.1, -0.05) is 0 Å². The zero-order valence-electron chi connectivity index (χ0n) is 17.4. The Bertz CT molecular complexity index is 1160. The fraction of sp³-hybridized carbons (Fsp3) is 0.292. The van der Waals surface area contributed by atoms with Crippen molar-refractivity contribution in [2.24, 2.45) is 0 Å². The van der Waals surface area contributed by atoms with Gasteiger partial charge in [-0.2, -0.15) is 5.10 Å². The molecule has 32 heavy (non-hydrogen) atoms. The lowest BCUT2D eigenvalue weighted by atomic mass is 10.1. The number of halogens is 2. The molecule has 3 aromatic rings. The Kier molecular flexibility index (Phi) is 5.20. The average molecular weight is 436 g/mol. The van der Waals surface area contributed by atoms with Gasteiger partial charge in [-0.05, 0) is 67.8 Å². The minimum atomic E-state index is -0.385. The van der Waals surface area contributed by atoms with Gasteiger partial charge in [0, 0.05) is 43.0 Å². The minimum absolute atomic E-state index is 0.141. The fourth-order valence-electron chi connectivity index (χ4n) is 4.44. The van der Waals surface area contributed by atoms with Crippen molar-refractivity contribution < 1.29 is 18.4 Å². The molecule has 0 bridgehead atoms. The third-order valence-electron chi connectivity index (χ3n) is 6.15. The predicted octanol–water partition coefficient (Wildman–Crippen LogP) is 3.24. The molecule has 6 nitrogen and oxygen atoms in total. The summed E-state index contributed by atoms with van der Waals surface area (Å²) < 4.78 is 28.2. The monoisotopic (exact) mass is 436 g/mol. The highest BCUT2D eigenvalue weighted by molar-refractivity contribution is 5.96. The number of rotatable bonds is 3. The van der Waals surface area contributed by atoms with Gasteiger partial charge in [0.1, 0.15) is 11.6 Å². The molecule has 1 aromatic heterocycles. The number of piperazine rings is 1. The van der Waals surface area contributed by atoms with E-state index in [1.54, 1.807) is 26.6 Å². The number of hydrogen-bond donors (Lipinski definition) is 0. The molecule has 0 radical (unpaired) electrons. The number of carbonyl (C=O) groups excluding carboxylic acids is 2. The van der Waals surface area contributed by atoms with Gasteiger partial charge in [0.2, 0.25) is 0 Å². The molecular formula is C24H22F2N4O2. The molecule has 0 spiro atoms. The van der Waals surface area contributed by atoms with Crippen LogP contribution in [0.4, 0.5) is 8.78 Å². The maximum absolute atomic E-state index is 13.3. The summed E-state index contributed by atoms with van der Waals surface area (Å²) in [6, 6.07) is 11.6. The molecule has 2 amide bonds. The summed E-state index contributed by atoms with van der Waals surface area (Å²) in [4.78, 5) is 29.3. The number of fused-ring (bicyclic) bond motifs is 1. The Hall–Kier alpha value is -3.55. The van der Waals surface area contributed by atoms with Crippen molar-refractivity contribution in [3.63, 3.8) is 0 Å². The number of hydrogen-bond acceptors (Lipinski definition) is 3. The second-order valence-electron chi connectivity index (χ2n) is 8.11. The standard InChI is InChI=1S/C24H22F2N4O2/c25-17-6-4-16(5-7-17)23(31)28-12-14-29(15-13-28)24(32)22-20-2-1-3-21(20)30(27-22)19-10-8-18(26)9-11-19/h4-11H,1-3,12-15H2. The molecule has 0 atom stereocenters. The minimum Gasteiger partial charge on any atom is -0.335 e. The van der Waals surface area contributed by atoms with Gasteiger partial charge in [0.05, 0.1) is 5.69 Å². The molecule has 8 heteroatoms. The van der Waals surface area contributed by atoms with Crippen LogP contribution in [0.25, 0.3) is 5.69 Å². The molecule has 0 unspecified atom stereocenters. The average Bonchev–Trinajstić information content (AvgIpc) is 3.43. The Labute approximate surface area is 184 Å². The molecule has 164 valence electrons. The third kappa shape index (κ3) is 3.66. The van der Waals surface area contributed by atoms with E-state index in [1.807, 2.05) is 0 Å². The van der Waals surface area contributed by atoms with E-state index in [0.29, 0.717) is 37.4 Å². The van der Waals surface area contributed by atoms with Crippen LogP contribution in [0.3, 0.4) is 0 Å². The lowest BCUT2D eigenvalue weighted by Gasteiger charge is -2.34. The highest BCUT2D eigenvalue weighted by Gasteiger charge is 2.32. The van der Waals surface area contributed by atoms with E-state index in [0.717, 1.165) is 36.2 Å². The van der Waals surface area contributed by atoms with E-state index < -0.39 is 0 Å². The first kappa shape index (κ1) is 20.4. The summed E-state index contributed by atoms with van der Waals surface area (Å²) in [6.45, 7) is 1.62. The third-order valence-corrected chi connectivity index (χ3v) is 6.15. The molecule has 5 rings (SSSR count). The van der Waals surface area contributed by atoms with Crippen LogP contribution >= 0.6 is 0 Å². The fourth-order valence-corrected chi connectivity index (χ4v) is 4.44. The van der Waals surface area contributed by atoms with Crippen molar-refractivity contribution in [1.29, 1.82) is 0 Å². The zero-order chi connectivity index (χ0) is 22.2. The van der Waals surface area contributed by atoms with Crippen LogP contribution in [0.5, 0.6) is 0 Å². The first-order chi connectivity index (χ1) is 15.5. The number of nitrogens with zero attached hydrogens (tertiary/aromatic N) is 4. The second kappa shape index (κ2) is 8.18. The van der Waals surface area contributed by atoms with Crippen molar-refractivity contribution in [2.45, 2.75) is 19.3 Å². The SMILES string of the molecule is O=C(c1ccc(F)cc1)N1CCN(C(=O)c2nn(-c3ccc(F)cc3)c3c2CCC3)CC1. The maximum atomic E-state index is 13.3. The van der Waals surface area contributed by atoms with Crippen LogP contribution < -0.4 is 0 Å². The van der Waals surface area contributed by atoms with Crippen molar-refractivity contribution in [1.82, 2.24) is 19.6 Å². The molecule has 1 aliphatic heterocycles. The number of amides is 2. The molecular weight excluding hydrogens is 414 g/mol. The number of carbonyl (C=O) groups is 2. The van der Waals surface area contributed by atoms with Gasteiger partial charge in [-0.25, -0.2) is 13.5 Å². The van der Waals surface area contributed by atoms with E-state index >= 15 is 0 Å². The van der Waals surface area contributed by atoms with E-state index in [2.05, 4.69) is 5.10 Å². The van der Waals surface area contributed by atoms with Crippen LogP contribution in [-0.2, 0) is 12.8 Å². The summed E-state index contributed by atoms with van der Waals surface area (Å²) >= 11 is 0. The number of benzene rings is 2. The highest BCUT2D eigenvalue weighted by atomic mass is 19.1. The topological polar surface area (TPSA) is 58.4 Å². The number of aromatic nitrogens is 2. The molecule has 2 aromatic carbocycles. The molecule has 1 saturated heterocycles. The van der Waals surface area contributed by atoms with Crippen LogP contribution in [0.2, 0.25) is 0 Å². The Morgan fingerprint density at radius 3 is 1.94 bits per heavy atom. The summed E-state index contributed by atoms with van der Waals surface area (Å²) in [5.41, 5.74) is 3.58. The predicted molar refractivity (Wildman–Crippen MR) is 114 cm³/mol. The largest absolute Gasteiger partial charge is 0.335 e. The van der Waals surface area contributed by atoms with Crippen molar-refractivity contribution in [3.05, 3.63) is 82.7 Å². The Morgan fingerprint density at radius 2 is 1.31 bits per heavy atom. The van der Waals surface area contributed by atoms with Crippen LogP contribution in [-0.4, -0.2) is 57.6 Å². The van der Waals surface area contributed by atoms with Gasteiger partial charge in [0.15, 0.2) is 5.69 Å². The quantitative estimate of drug-likeness (QED) is 0.634. The van der Waals surface area contributed by atoms with Gasteiger partial charge >= 0.3 is 0 Å². The molecule has 2 aliphatic rings. The van der Waals surface area contributed by atoms with Crippen molar-refractivity contribution in [2.75, 3.05) is 26.2 Å². The first-order valence-electron chi connectivity index (χ1n) is 10.7. The summed E-state index contributed by atoms with van der Waals surface area (Å²) in [5.74, 6) is -1.01. The van der Waals surface area contributed by atoms with Crippen molar-refractivity contribution >= 4 is 11.8 Å². The van der Waals surface area contributed by atoms with Crippen LogP contribution in [0.1, 0.15) is 38.5 Å². The highest BCUT2D eigenvalue weighted by Crippen LogP contribution is 2.29. The lowest BCUT2D eigenvalue weighted by molar-refractivity contribution is 0.0531. The summed E-state index contributed by atoms with van der Waals surface area (Å²) in [6.07, 6.45) is 2.57. The van der Waals surface area contributed by atoms with E-state index in [-0.39, 0.29) is 23.4 Å². The Morgan fingerprint density at radius 1 is 0.750 bits per heavy atom. The lowest BCUT2D eigenvalue weighted by Crippen LogP contribution is -2.50. The van der Waals surface area contributed by atoms with E-state index in [1.165, 1.54) is 36.4 Å². The van der Waals surface area contributed by atoms with Gasteiger partial charge < -0.3 is 9.80 Å². The normalized spacial score (nSPS) is 15.7. The molecule has 1 aliphatic carbocycles. The van der Waals surface area contributed by atoms with Gasteiger partial charge in [0.25, 0.3) is 11.8 Å². The van der Waals surface area contributed by atoms with E-state index in [4.69, 9.17) is 0 Å². The Balaban J connectivity index is 1.31. The summed E-state index contributed by atoms with van der Waals surface area (Å²) in [5, 5.41) is 4.60. The molecule has 1 fully saturated rings. The zero-order valence-corrected chi connectivity index (χ0v) is 17.4. The van der Waals surface area contributed by atoms with Gasteiger partial charge in [-0.15, -0.1) is 0 Å². The van der Waals surface area contributed by atoms with Crippen molar-refractivity contribution in [3.8, 4) is 5.69 Å². The second-order valence-corrected chi connectivity index (χ2v) is 8.11.